The second kappa shape index (κ2) is 5.08. The predicted molar refractivity (Wildman–Crippen MR) is 67.2 cm³/mol. The van der Waals surface area contributed by atoms with E-state index in [1.165, 1.54) is 0 Å². The van der Waals surface area contributed by atoms with Gasteiger partial charge in [-0.15, -0.1) is 0 Å². The molecule has 0 aromatic heterocycles. The largest absolute Gasteiger partial charge is 0.477 e. The second-order valence-electron chi connectivity index (χ2n) is 4.30. The number of hydrogen-bond donors (Lipinski definition) is 2. The summed E-state index contributed by atoms with van der Waals surface area (Å²) in [6.07, 6.45) is 0.474. The normalized spacial score (nSPS) is 19.5. The predicted octanol–water partition coefficient (Wildman–Crippen LogP) is 1.77. The summed E-state index contributed by atoms with van der Waals surface area (Å²) in [6.45, 7) is 4.54. The first-order valence-corrected chi connectivity index (χ1v) is 6.00. The van der Waals surface area contributed by atoms with Crippen molar-refractivity contribution < 1.29 is 9.53 Å². The molecule has 0 aliphatic carbocycles. The number of carbonyl (C=O) groups is 1. The molecular weight excluding hydrogens is 216 g/mol. The van der Waals surface area contributed by atoms with Crippen LogP contribution in [0.2, 0.25) is 0 Å². The smallest absolute Gasteiger partial charge is 0.263 e. The zero-order valence-corrected chi connectivity index (χ0v) is 10.2. The molecule has 0 spiro atoms. The van der Waals surface area contributed by atoms with Gasteiger partial charge < -0.3 is 15.4 Å². The van der Waals surface area contributed by atoms with Crippen LogP contribution in [0.15, 0.2) is 24.3 Å². The molecule has 92 valence electrons. The lowest BCUT2D eigenvalue weighted by Gasteiger charge is -2.27. The van der Waals surface area contributed by atoms with E-state index in [0.717, 1.165) is 17.9 Å². The van der Waals surface area contributed by atoms with Gasteiger partial charge in [0.2, 0.25) is 0 Å². The monoisotopic (exact) mass is 234 g/mol. The number of para-hydroxylation sites is 2. The number of carbonyl (C=O) groups excluding carboxylic acids is 1. The third-order valence-electron chi connectivity index (χ3n) is 2.93. The molecule has 4 nitrogen and oxygen atoms in total. The quantitative estimate of drug-likeness (QED) is 0.838. The van der Waals surface area contributed by atoms with Crippen LogP contribution in [0, 0.1) is 0 Å². The van der Waals surface area contributed by atoms with Gasteiger partial charge in [-0.2, -0.15) is 0 Å². The molecule has 0 radical (unpaired) electrons. The van der Waals surface area contributed by atoms with Crippen molar-refractivity contribution in [3.63, 3.8) is 0 Å². The Balaban J connectivity index is 2.00. The average Bonchev–Trinajstić information content (AvgIpc) is 2.38. The molecule has 2 atom stereocenters. The van der Waals surface area contributed by atoms with E-state index in [1.807, 2.05) is 38.1 Å². The number of anilines is 1. The average molecular weight is 234 g/mol. The molecule has 1 aliphatic rings. The van der Waals surface area contributed by atoms with Crippen LogP contribution in [-0.2, 0) is 4.79 Å². The van der Waals surface area contributed by atoms with Crippen molar-refractivity contribution >= 4 is 11.6 Å². The van der Waals surface area contributed by atoms with Gasteiger partial charge in [-0.1, -0.05) is 19.1 Å². The van der Waals surface area contributed by atoms with Crippen LogP contribution in [0.5, 0.6) is 5.75 Å². The minimum atomic E-state index is -0.445. The molecule has 2 unspecified atom stereocenters. The topological polar surface area (TPSA) is 50.4 Å². The van der Waals surface area contributed by atoms with Gasteiger partial charge in [-0.3, -0.25) is 4.79 Å². The van der Waals surface area contributed by atoms with Crippen LogP contribution in [0.3, 0.4) is 0 Å². The van der Waals surface area contributed by atoms with Crippen LogP contribution in [0.4, 0.5) is 5.69 Å². The standard InChI is InChI=1S/C13H18N2O2/c1-3-9(2)15-13(16)12-8-14-10-6-4-5-7-11(10)17-12/h4-7,9,12,14H,3,8H2,1-2H3,(H,15,16). The van der Waals surface area contributed by atoms with Gasteiger partial charge in [-0.25, -0.2) is 0 Å². The summed E-state index contributed by atoms with van der Waals surface area (Å²) in [5.41, 5.74) is 0.945. The molecule has 17 heavy (non-hydrogen) atoms. The number of hydrogen-bond acceptors (Lipinski definition) is 3. The highest BCUT2D eigenvalue weighted by Gasteiger charge is 2.25. The Morgan fingerprint density at radius 1 is 1.59 bits per heavy atom. The molecule has 1 amide bonds. The molecule has 1 aromatic carbocycles. The number of amides is 1. The van der Waals surface area contributed by atoms with Gasteiger partial charge in [-0.05, 0) is 25.5 Å². The van der Waals surface area contributed by atoms with Crippen LogP contribution < -0.4 is 15.4 Å². The fourth-order valence-corrected chi connectivity index (χ4v) is 1.70. The first kappa shape index (κ1) is 11.8. The second-order valence-corrected chi connectivity index (χ2v) is 4.30. The molecule has 0 saturated carbocycles. The molecule has 4 heteroatoms. The first-order valence-electron chi connectivity index (χ1n) is 6.00. The number of nitrogens with one attached hydrogen (secondary N) is 2. The highest BCUT2D eigenvalue weighted by Crippen LogP contribution is 2.28. The lowest BCUT2D eigenvalue weighted by molar-refractivity contribution is -0.128. The minimum absolute atomic E-state index is 0.0543. The van der Waals surface area contributed by atoms with Gasteiger partial charge in [0, 0.05) is 6.04 Å². The van der Waals surface area contributed by atoms with Gasteiger partial charge >= 0.3 is 0 Å². The van der Waals surface area contributed by atoms with E-state index >= 15 is 0 Å². The Kier molecular flexibility index (Phi) is 3.52. The molecule has 1 aromatic rings. The molecule has 1 aliphatic heterocycles. The van der Waals surface area contributed by atoms with E-state index in [2.05, 4.69) is 10.6 Å². The lowest BCUT2D eigenvalue weighted by atomic mass is 10.2. The summed E-state index contributed by atoms with van der Waals surface area (Å²) in [6, 6.07) is 7.83. The molecule has 0 fully saturated rings. The lowest BCUT2D eigenvalue weighted by Crippen LogP contribution is -2.47. The van der Waals surface area contributed by atoms with Gasteiger partial charge in [0.1, 0.15) is 5.75 Å². The van der Waals surface area contributed by atoms with Crippen molar-refractivity contribution in [1.29, 1.82) is 0 Å². The SMILES string of the molecule is CCC(C)NC(=O)C1CNc2ccccc2O1. The van der Waals surface area contributed by atoms with Gasteiger partial charge in [0.05, 0.1) is 12.2 Å². The van der Waals surface area contributed by atoms with Crippen molar-refractivity contribution in [3.8, 4) is 5.75 Å². The fraction of sp³-hybridized carbons (Fsp3) is 0.462. The third-order valence-corrected chi connectivity index (χ3v) is 2.93. The number of rotatable bonds is 3. The third kappa shape index (κ3) is 2.70. The van der Waals surface area contributed by atoms with E-state index in [4.69, 9.17) is 4.74 Å². The summed E-state index contributed by atoms with van der Waals surface area (Å²) >= 11 is 0. The highest BCUT2D eigenvalue weighted by atomic mass is 16.5. The van der Waals surface area contributed by atoms with E-state index in [1.54, 1.807) is 0 Å². The minimum Gasteiger partial charge on any atom is -0.477 e. The molecule has 0 saturated heterocycles. The van der Waals surface area contributed by atoms with Gasteiger partial charge in [0.15, 0.2) is 6.10 Å². The summed E-state index contributed by atoms with van der Waals surface area (Å²) in [5.74, 6) is 0.685. The highest BCUT2D eigenvalue weighted by molar-refractivity contribution is 5.83. The van der Waals surface area contributed by atoms with Crippen LogP contribution >= 0.6 is 0 Å². The Labute approximate surface area is 101 Å². The van der Waals surface area contributed by atoms with Crippen molar-refractivity contribution in [2.45, 2.75) is 32.4 Å². The summed E-state index contributed by atoms with van der Waals surface area (Å²) in [4.78, 5) is 11.9. The van der Waals surface area contributed by atoms with E-state index in [0.29, 0.717) is 6.54 Å². The Bertz CT molecular complexity index is 406. The molecule has 2 N–H and O–H groups in total. The Morgan fingerprint density at radius 3 is 3.12 bits per heavy atom. The zero-order valence-electron chi connectivity index (χ0n) is 10.2. The number of fused-ring (bicyclic) bond motifs is 1. The van der Waals surface area contributed by atoms with Crippen molar-refractivity contribution in [2.24, 2.45) is 0 Å². The Morgan fingerprint density at radius 2 is 2.35 bits per heavy atom. The maximum Gasteiger partial charge on any atom is 0.263 e. The van der Waals surface area contributed by atoms with Crippen molar-refractivity contribution in [2.75, 3.05) is 11.9 Å². The van der Waals surface area contributed by atoms with Gasteiger partial charge in [0.25, 0.3) is 5.91 Å². The number of benzene rings is 1. The van der Waals surface area contributed by atoms with E-state index in [-0.39, 0.29) is 11.9 Å². The van der Waals surface area contributed by atoms with Crippen LogP contribution in [0.1, 0.15) is 20.3 Å². The Hall–Kier alpha value is -1.71. The zero-order chi connectivity index (χ0) is 12.3. The maximum atomic E-state index is 11.9. The van der Waals surface area contributed by atoms with Crippen molar-refractivity contribution in [3.05, 3.63) is 24.3 Å². The number of ether oxygens (including phenoxy) is 1. The first-order chi connectivity index (χ1) is 8.20. The van der Waals surface area contributed by atoms with Crippen molar-refractivity contribution in [1.82, 2.24) is 5.32 Å². The van der Waals surface area contributed by atoms with E-state index < -0.39 is 6.10 Å². The maximum absolute atomic E-state index is 11.9. The fourth-order valence-electron chi connectivity index (χ4n) is 1.70. The molecular formula is C13H18N2O2. The summed E-state index contributed by atoms with van der Waals surface area (Å²) in [5, 5.41) is 6.13. The summed E-state index contributed by atoms with van der Waals surface area (Å²) < 4.78 is 5.66. The molecule has 1 heterocycles. The van der Waals surface area contributed by atoms with Crippen LogP contribution in [-0.4, -0.2) is 24.6 Å². The van der Waals surface area contributed by atoms with Crippen LogP contribution in [0.25, 0.3) is 0 Å². The molecule has 2 rings (SSSR count). The summed E-state index contributed by atoms with van der Waals surface area (Å²) in [7, 11) is 0. The molecule has 0 bridgehead atoms. The van der Waals surface area contributed by atoms with E-state index in [9.17, 15) is 4.79 Å².